The summed E-state index contributed by atoms with van der Waals surface area (Å²) in [5.74, 6) is 0.933. The number of halogens is 1. The monoisotopic (exact) mass is 433 g/mol. The second-order valence-electron chi connectivity index (χ2n) is 7.34. The number of amides is 1. The summed E-state index contributed by atoms with van der Waals surface area (Å²) in [6, 6.07) is 14.4. The number of rotatable bonds is 7. The van der Waals surface area contributed by atoms with E-state index in [9.17, 15) is 4.79 Å². The van der Waals surface area contributed by atoms with Crippen LogP contribution in [0.4, 0.5) is 0 Å². The van der Waals surface area contributed by atoms with Gasteiger partial charge in [0.15, 0.2) is 4.67 Å². The summed E-state index contributed by atoms with van der Waals surface area (Å²) in [4.78, 5) is 17.1. The normalized spacial score (nSPS) is 17.2. The van der Waals surface area contributed by atoms with Crippen LogP contribution in [0.1, 0.15) is 31.1 Å². The van der Waals surface area contributed by atoms with Crippen molar-refractivity contribution in [2.24, 2.45) is 0 Å². The molecule has 6 heteroatoms. The Morgan fingerprint density at radius 1 is 1.26 bits per heavy atom. The first-order valence-corrected chi connectivity index (χ1v) is 10.3. The Labute approximate surface area is 169 Å². The van der Waals surface area contributed by atoms with E-state index in [1.807, 2.05) is 37.1 Å². The minimum absolute atomic E-state index is 0.0876. The lowest BCUT2D eigenvalue weighted by atomic mass is 10.0. The van der Waals surface area contributed by atoms with E-state index in [1.165, 1.54) is 5.56 Å². The van der Waals surface area contributed by atoms with E-state index in [4.69, 9.17) is 4.42 Å². The highest BCUT2D eigenvalue weighted by molar-refractivity contribution is 9.10. The molecule has 1 amide bonds. The van der Waals surface area contributed by atoms with Crippen molar-refractivity contribution < 1.29 is 9.21 Å². The molecule has 3 rings (SSSR count). The van der Waals surface area contributed by atoms with Crippen LogP contribution in [0, 0.1) is 0 Å². The molecule has 1 N–H and O–H groups in total. The van der Waals surface area contributed by atoms with E-state index in [0.717, 1.165) is 38.2 Å². The molecule has 1 aromatic heterocycles. The average Bonchev–Trinajstić information content (AvgIpc) is 3.08. The standard InChI is InChI=1S/C21H28BrN3O2/c1-16(24(2)15-19-8-9-20(22)27-19)21(26)23-18-10-12-25(13-11-18)14-17-6-4-3-5-7-17/h3-9,16,18H,10-15H2,1-2H3,(H,23,26). The number of hydrogen-bond acceptors (Lipinski definition) is 4. The van der Waals surface area contributed by atoms with E-state index < -0.39 is 0 Å². The molecule has 0 aliphatic carbocycles. The lowest BCUT2D eigenvalue weighted by molar-refractivity contribution is -0.126. The molecule has 2 aromatic rings. The van der Waals surface area contributed by atoms with Crippen LogP contribution in [-0.4, -0.2) is 47.9 Å². The van der Waals surface area contributed by atoms with Gasteiger partial charge in [-0.05, 0) is 60.4 Å². The summed E-state index contributed by atoms with van der Waals surface area (Å²) in [6.45, 7) is 5.57. The molecule has 0 saturated carbocycles. The Bertz CT molecular complexity index is 726. The Kier molecular flexibility index (Phi) is 7.10. The van der Waals surface area contributed by atoms with Crippen LogP contribution in [-0.2, 0) is 17.9 Å². The van der Waals surface area contributed by atoms with Crippen molar-refractivity contribution in [3.8, 4) is 0 Å². The number of hydrogen-bond donors (Lipinski definition) is 1. The number of piperidine rings is 1. The Morgan fingerprint density at radius 2 is 1.96 bits per heavy atom. The molecule has 1 fully saturated rings. The van der Waals surface area contributed by atoms with Crippen molar-refractivity contribution in [1.29, 1.82) is 0 Å². The number of nitrogens with zero attached hydrogens (tertiary/aromatic N) is 2. The van der Waals surface area contributed by atoms with Gasteiger partial charge in [-0.25, -0.2) is 0 Å². The highest BCUT2D eigenvalue weighted by Gasteiger charge is 2.25. The summed E-state index contributed by atoms with van der Waals surface area (Å²) < 4.78 is 6.25. The second kappa shape index (κ2) is 9.53. The maximum absolute atomic E-state index is 12.6. The average molecular weight is 434 g/mol. The van der Waals surface area contributed by atoms with Crippen molar-refractivity contribution in [2.45, 2.75) is 44.9 Å². The van der Waals surface area contributed by atoms with Crippen LogP contribution in [0.25, 0.3) is 0 Å². The van der Waals surface area contributed by atoms with E-state index in [2.05, 4.69) is 50.4 Å². The molecule has 0 bridgehead atoms. The number of nitrogens with one attached hydrogen (secondary N) is 1. The Balaban J connectivity index is 1.41. The fourth-order valence-electron chi connectivity index (χ4n) is 3.42. The van der Waals surface area contributed by atoms with E-state index in [-0.39, 0.29) is 18.0 Å². The van der Waals surface area contributed by atoms with Crippen LogP contribution in [0.5, 0.6) is 0 Å². The quantitative estimate of drug-likeness (QED) is 0.723. The molecule has 1 saturated heterocycles. The number of likely N-dealkylation sites (N-methyl/N-ethyl adjacent to an activating group) is 1. The summed E-state index contributed by atoms with van der Waals surface area (Å²) >= 11 is 3.31. The van der Waals surface area contributed by atoms with Gasteiger partial charge in [0.1, 0.15) is 5.76 Å². The van der Waals surface area contributed by atoms with Crippen LogP contribution >= 0.6 is 15.9 Å². The molecule has 1 aliphatic rings. The summed E-state index contributed by atoms with van der Waals surface area (Å²) in [6.07, 6.45) is 2.00. The van der Waals surface area contributed by atoms with Crippen molar-refractivity contribution >= 4 is 21.8 Å². The molecule has 1 aromatic carbocycles. The lowest BCUT2D eigenvalue weighted by Gasteiger charge is -2.33. The van der Waals surface area contributed by atoms with E-state index >= 15 is 0 Å². The largest absolute Gasteiger partial charge is 0.453 e. The van der Waals surface area contributed by atoms with Gasteiger partial charge in [0.2, 0.25) is 5.91 Å². The van der Waals surface area contributed by atoms with Gasteiger partial charge in [-0.15, -0.1) is 0 Å². The van der Waals surface area contributed by atoms with Crippen molar-refractivity contribution in [1.82, 2.24) is 15.1 Å². The summed E-state index contributed by atoms with van der Waals surface area (Å²) in [5, 5.41) is 3.23. The number of furan rings is 1. The number of carbonyl (C=O) groups is 1. The highest BCUT2D eigenvalue weighted by Crippen LogP contribution is 2.17. The molecule has 5 nitrogen and oxygen atoms in total. The second-order valence-corrected chi connectivity index (χ2v) is 8.12. The van der Waals surface area contributed by atoms with Gasteiger partial charge in [0.05, 0.1) is 12.6 Å². The molecule has 0 radical (unpaired) electrons. The Morgan fingerprint density at radius 3 is 2.59 bits per heavy atom. The fourth-order valence-corrected chi connectivity index (χ4v) is 3.76. The van der Waals surface area contributed by atoms with Gasteiger partial charge in [0, 0.05) is 25.7 Å². The summed E-state index contributed by atoms with van der Waals surface area (Å²) in [5.41, 5.74) is 1.35. The third kappa shape index (κ3) is 5.92. The minimum atomic E-state index is -0.198. The van der Waals surface area contributed by atoms with Crippen molar-refractivity contribution in [3.63, 3.8) is 0 Å². The maximum Gasteiger partial charge on any atom is 0.237 e. The number of carbonyl (C=O) groups excluding carboxylic acids is 1. The van der Waals surface area contributed by atoms with Gasteiger partial charge in [0.25, 0.3) is 0 Å². The first-order valence-electron chi connectivity index (χ1n) is 9.52. The smallest absolute Gasteiger partial charge is 0.237 e. The van der Waals surface area contributed by atoms with Gasteiger partial charge >= 0.3 is 0 Å². The SMILES string of the molecule is CC(C(=O)NC1CCN(Cc2ccccc2)CC1)N(C)Cc1ccc(Br)o1. The topological polar surface area (TPSA) is 48.7 Å². The van der Waals surface area contributed by atoms with Gasteiger partial charge < -0.3 is 9.73 Å². The molecule has 27 heavy (non-hydrogen) atoms. The Hall–Kier alpha value is -1.63. The summed E-state index contributed by atoms with van der Waals surface area (Å²) in [7, 11) is 1.95. The highest BCUT2D eigenvalue weighted by atomic mass is 79.9. The molecular weight excluding hydrogens is 406 g/mol. The molecule has 146 valence electrons. The van der Waals surface area contributed by atoms with Crippen LogP contribution in [0.15, 0.2) is 51.6 Å². The first kappa shape index (κ1) is 20.1. The molecule has 1 atom stereocenters. The third-order valence-corrected chi connectivity index (χ3v) is 5.68. The molecule has 1 aliphatic heterocycles. The number of likely N-dealkylation sites (tertiary alicyclic amines) is 1. The maximum atomic E-state index is 12.6. The first-order chi connectivity index (χ1) is 13.0. The molecular formula is C21H28BrN3O2. The molecule has 2 heterocycles. The fraction of sp³-hybridized carbons (Fsp3) is 0.476. The van der Waals surface area contributed by atoms with Crippen LogP contribution < -0.4 is 5.32 Å². The predicted molar refractivity (Wildman–Crippen MR) is 110 cm³/mol. The van der Waals surface area contributed by atoms with Crippen LogP contribution in [0.3, 0.4) is 0 Å². The van der Waals surface area contributed by atoms with Gasteiger partial charge in [-0.3, -0.25) is 14.6 Å². The van der Waals surface area contributed by atoms with Crippen molar-refractivity contribution in [3.05, 3.63) is 58.5 Å². The number of benzene rings is 1. The van der Waals surface area contributed by atoms with E-state index in [0.29, 0.717) is 11.2 Å². The zero-order chi connectivity index (χ0) is 19.2. The lowest BCUT2D eigenvalue weighted by Crippen LogP contribution is -2.50. The third-order valence-electron chi connectivity index (χ3n) is 5.26. The van der Waals surface area contributed by atoms with Crippen LogP contribution in [0.2, 0.25) is 0 Å². The molecule has 1 unspecified atom stereocenters. The van der Waals surface area contributed by atoms with E-state index in [1.54, 1.807) is 0 Å². The molecule has 0 spiro atoms. The zero-order valence-electron chi connectivity index (χ0n) is 16.0. The zero-order valence-corrected chi connectivity index (χ0v) is 17.6. The minimum Gasteiger partial charge on any atom is -0.453 e. The van der Waals surface area contributed by atoms with Crippen molar-refractivity contribution in [2.75, 3.05) is 20.1 Å². The predicted octanol–water partition coefficient (Wildman–Crippen LogP) is 3.64. The van der Waals surface area contributed by atoms with Gasteiger partial charge in [-0.1, -0.05) is 30.3 Å². The van der Waals surface area contributed by atoms with Gasteiger partial charge in [-0.2, -0.15) is 0 Å².